The Hall–Kier alpha value is -2.32. The van der Waals surface area contributed by atoms with Gasteiger partial charge in [0.2, 0.25) is 0 Å². The molecule has 1 atom stereocenters. The van der Waals surface area contributed by atoms with E-state index in [0.29, 0.717) is 13.1 Å². The lowest BCUT2D eigenvalue weighted by Gasteiger charge is -2.19. The first-order valence-electron chi connectivity index (χ1n) is 6.47. The number of likely N-dealkylation sites (N-methyl/N-ethyl adjacent to an activating group) is 1. The Morgan fingerprint density at radius 1 is 1.52 bits per heavy atom. The lowest BCUT2D eigenvalue weighted by molar-refractivity contribution is -0.397. The Labute approximate surface area is 121 Å². The summed E-state index contributed by atoms with van der Waals surface area (Å²) >= 11 is 0. The third-order valence-corrected chi connectivity index (χ3v) is 2.96. The normalized spacial score (nSPS) is 12.5. The van der Waals surface area contributed by atoms with Gasteiger partial charge in [-0.3, -0.25) is 9.88 Å². The van der Waals surface area contributed by atoms with Crippen LogP contribution in [0.2, 0.25) is 0 Å². The summed E-state index contributed by atoms with van der Waals surface area (Å²) in [7, 11) is 1.87. The lowest BCUT2D eigenvalue weighted by atomic mass is 10.2. The fourth-order valence-electron chi connectivity index (χ4n) is 2.13. The van der Waals surface area contributed by atoms with Gasteiger partial charge in [0.25, 0.3) is 0 Å². The molecule has 0 spiro atoms. The minimum Gasteiger partial charge on any atom is -0.390 e. The largest absolute Gasteiger partial charge is 0.434 e. The molecule has 0 aliphatic rings. The molecule has 21 heavy (non-hydrogen) atoms. The maximum absolute atomic E-state index is 10.8. The van der Waals surface area contributed by atoms with Gasteiger partial charge in [-0.2, -0.15) is 0 Å². The van der Waals surface area contributed by atoms with Crippen molar-refractivity contribution in [2.45, 2.75) is 19.2 Å². The number of imidazole rings is 1. The quantitative estimate of drug-likeness (QED) is 0.595. The van der Waals surface area contributed by atoms with Crippen LogP contribution in [0.15, 0.2) is 36.9 Å². The van der Waals surface area contributed by atoms with Crippen molar-refractivity contribution in [1.82, 2.24) is 19.4 Å². The van der Waals surface area contributed by atoms with Crippen LogP contribution >= 0.6 is 0 Å². The molecule has 0 bridgehead atoms. The molecule has 0 aliphatic heterocycles. The van der Waals surface area contributed by atoms with E-state index in [9.17, 15) is 15.2 Å². The number of pyridine rings is 1. The highest BCUT2D eigenvalue weighted by atomic mass is 16.6. The zero-order chi connectivity index (χ0) is 15.2. The van der Waals surface area contributed by atoms with E-state index in [-0.39, 0.29) is 12.5 Å². The van der Waals surface area contributed by atoms with Crippen LogP contribution in [-0.2, 0) is 13.1 Å². The SMILES string of the molecule is CN(Cc1cccnc1)CC(O)Cn1ccnc1[N+](=O)[O-]. The van der Waals surface area contributed by atoms with Gasteiger partial charge in [0.05, 0.1) is 12.6 Å². The maximum Gasteiger partial charge on any atom is 0.434 e. The van der Waals surface area contributed by atoms with Crippen LogP contribution < -0.4 is 0 Å². The summed E-state index contributed by atoms with van der Waals surface area (Å²) in [6.07, 6.45) is 5.59. The van der Waals surface area contributed by atoms with Gasteiger partial charge in [0.15, 0.2) is 0 Å². The van der Waals surface area contributed by atoms with Gasteiger partial charge < -0.3 is 15.2 Å². The predicted octanol–water partition coefficient (Wildman–Crippen LogP) is 0.679. The second-order valence-corrected chi connectivity index (χ2v) is 4.85. The van der Waals surface area contributed by atoms with Crippen LogP contribution in [0, 0.1) is 10.1 Å². The molecule has 0 aliphatic carbocycles. The van der Waals surface area contributed by atoms with Crippen molar-refractivity contribution in [1.29, 1.82) is 0 Å². The highest BCUT2D eigenvalue weighted by molar-refractivity contribution is 5.08. The van der Waals surface area contributed by atoms with E-state index in [4.69, 9.17) is 0 Å². The molecule has 2 aromatic rings. The van der Waals surface area contributed by atoms with E-state index in [1.807, 2.05) is 24.1 Å². The Morgan fingerprint density at radius 3 is 3.00 bits per heavy atom. The minimum atomic E-state index is -0.723. The van der Waals surface area contributed by atoms with Gasteiger partial charge in [-0.05, 0) is 23.6 Å². The van der Waals surface area contributed by atoms with Crippen molar-refractivity contribution in [2.24, 2.45) is 0 Å². The molecule has 0 radical (unpaired) electrons. The molecule has 2 rings (SSSR count). The van der Waals surface area contributed by atoms with Crippen LogP contribution in [0.5, 0.6) is 0 Å². The highest BCUT2D eigenvalue weighted by Crippen LogP contribution is 2.09. The number of aromatic nitrogens is 3. The van der Waals surface area contributed by atoms with Crippen LogP contribution in [0.4, 0.5) is 5.95 Å². The fraction of sp³-hybridized carbons (Fsp3) is 0.385. The summed E-state index contributed by atoms with van der Waals surface area (Å²) in [5, 5.41) is 20.8. The summed E-state index contributed by atoms with van der Waals surface area (Å²) in [5.41, 5.74) is 1.04. The number of nitro groups is 1. The molecule has 112 valence electrons. The van der Waals surface area contributed by atoms with E-state index in [2.05, 4.69) is 9.97 Å². The molecule has 0 fully saturated rings. The maximum atomic E-state index is 10.8. The average Bonchev–Trinajstić information content (AvgIpc) is 2.87. The highest BCUT2D eigenvalue weighted by Gasteiger charge is 2.18. The Balaban J connectivity index is 1.88. The standard InChI is InChI=1S/C13H17N5O3/c1-16(8-11-3-2-4-14-7-11)9-12(19)10-17-6-5-15-13(17)18(20)21/h2-7,12,19H,8-10H2,1H3. The average molecular weight is 291 g/mol. The molecule has 0 amide bonds. The van der Waals surface area contributed by atoms with E-state index in [0.717, 1.165) is 5.56 Å². The van der Waals surface area contributed by atoms with Crippen molar-refractivity contribution in [3.05, 3.63) is 52.6 Å². The summed E-state index contributed by atoms with van der Waals surface area (Å²) < 4.78 is 1.34. The molecule has 1 N–H and O–H groups in total. The molecule has 0 saturated carbocycles. The summed E-state index contributed by atoms with van der Waals surface area (Å²) in [6.45, 7) is 1.18. The summed E-state index contributed by atoms with van der Waals surface area (Å²) in [4.78, 5) is 19.8. The Bertz CT molecular complexity index is 587. The van der Waals surface area contributed by atoms with Gasteiger partial charge in [0.1, 0.15) is 12.4 Å². The molecule has 2 heterocycles. The van der Waals surface area contributed by atoms with E-state index >= 15 is 0 Å². The Kier molecular flexibility index (Phi) is 4.96. The first-order chi connectivity index (χ1) is 10.1. The molecule has 2 aromatic heterocycles. The van der Waals surface area contributed by atoms with Gasteiger partial charge in [-0.1, -0.05) is 11.1 Å². The third kappa shape index (κ3) is 4.33. The van der Waals surface area contributed by atoms with Crippen LogP contribution in [0.3, 0.4) is 0 Å². The van der Waals surface area contributed by atoms with E-state index in [1.54, 1.807) is 12.4 Å². The van der Waals surface area contributed by atoms with E-state index in [1.165, 1.54) is 17.0 Å². The number of aliphatic hydroxyl groups excluding tert-OH is 1. The molecular formula is C13H17N5O3. The minimum absolute atomic E-state index is 0.133. The van der Waals surface area contributed by atoms with Crippen molar-refractivity contribution in [3.8, 4) is 0 Å². The first kappa shape index (κ1) is 15.1. The van der Waals surface area contributed by atoms with Gasteiger partial charge >= 0.3 is 5.95 Å². The summed E-state index contributed by atoms with van der Waals surface area (Å²) in [6, 6.07) is 3.81. The van der Waals surface area contributed by atoms with Crippen molar-refractivity contribution in [2.75, 3.05) is 13.6 Å². The molecule has 0 aromatic carbocycles. The van der Waals surface area contributed by atoms with Crippen LogP contribution in [0.1, 0.15) is 5.56 Å². The lowest BCUT2D eigenvalue weighted by Crippen LogP contribution is -2.31. The topological polar surface area (TPSA) is 97.3 Å². The number of hydrogen-bond acceptors (Lipinski definition) is 6. The number of nitrogens with zero attached hydrogens (tertiary/aromatic N) is 5. The van der Waals surface area contributed by atoms with Gasteiger partial charge in [-0.25, -0.2) is 4.57 Å². The van der Waals surface area contributed by atoms with Gasteiger partial charge in [0, 0.05) is 25.5 Å². The molecular weight excluding hydrogens is 274 g/mol. The second kappa shape index (κ2) is 6.91. The van der Waals surface area contributed by atoms with Crippen molar-refractivity contribution < 1.29 is 10.0 Å². The fourth-order valence-corrected chi connectivity index (χ4v) is 2.13. The zero-order valence-corrected chi connectivity index (χ0v) is 11.7. The molecule has 0 saturated heterocycles. The first-order valence-corrected chi connectivity index (χ1v) is 6.47. The Morgan fingerprint density at radius 2 is 2.33 bits per heavy atom. The number of aliphatic hydroxyl groups is 1. The zero-order valence-electron chi connectivity index (χ0n) is 11.7. The van der Waals surface area contributed by atoms with E-state index < -0.39 is 11.0 Å². The second-order valence-electron chi connectivity index (χ2n) is 4.85. The van der Waals surface area contributed by atoms with Crippen LogP contribution in [0.25, 0.3) is 0 Å². The van der Waals surface area contributed by atoms with Crippen LogP contribution in [-0.4, -0.2) is 49.2 Å². The van der Waals surface area contributed by atoms with Crippen molar-refractivity contribution in [3.63, 3.8) is 0 Å². The predicted molar refractivity (Wildman–Crippen MR) is 75.5 cm³/mol. The summed E-state index contributed by atoms with van der Waals surface area (Å²) in [5.74, 6) is -0.260. The number of rotatable bonds is 7. The van der Waals surface area contributed by atoms with Gasteiger partial charge in [-0.15, -0.1) is 0 Å². The smallest absolute Gasteiger partial charge is 0.390 e. The molecule has 1 unspecified atom stereocenters. The monoisotopic (exact) mass is 291 g/mol. The molecule has 8 heteroatoms. The van der Waals surface area contributed by atoms with Crippen molar-refractivity contribution >= 4 is 5.95 Å². The molecule has 8 nitrogen and oxygen atoms in total. The number of hydrogen-bond donors (Lipinski definition) is 1. The third-order valence-electron chi connectivity index (χ3n) is 2.96.